The van der Waals surface area contributed by atoms with Crippen molar-refractivity contribution in [2.75, 3.05) is 13.1 Å². The van der Waals surface area contributed by atoms with E-state index in [1.165, 1.54) is 0 Å². The number of carbonyl (C=O) groups is 1. The van der Waals surface area contributed by atoms with Crippen LogP contribution in [0.1, 0.15) is 18.4 Å². The van der Waals surface area contributed by atoms with E-state index in [1.54, 1.807) is 4.90 Å². The monoisotopic (exact) mass is 230 g/mol. The van der Waals surface area contributed by atoms with Crippen molar-refractivity contribution >= 4 is 5.91 Å². The number of amides is 1. The molecular weight excluding hydrogens is 212 g/mol. The summed E-state index contributed by atoms with van der Waals surface area (Å²) in [6, 6.07) is 9.97. The van der Waals surface area contributed by atoms with Crippen LogP contribution in [0.4, 0.5) is 0 Å². The Morgan fingerprint density at radius 1 is 1.29 bits per heavy atom. The molecule has 0 unspecified atom stereocenters. The normalized spacial score (nSPS) is 17.9. The zero-order valence-electron chi connectivity index (χ0n) is 9.93. The lowest BCUT2D eigenvalue weighted by Gasteiger charge is -2.27. The van der Waals surface area contributed by atoms with Gasteiger partial charge in [-0.15, -0.1) is 0 Å². The van der Waals surface area contributed by atoms with E-state index >= 15 is 0 Å². The van der Waals surface area contributed by atoms with Gasteiger partial charge in [-0.3, -0.25) is 9.69 Å². The maximum absolute atomic E-state index is 11.9. The van der Waals surface area contributed by atoms with Crippen molar-refractivity contribution < 1.29 is 4.79 Å². The number of piperidine rings is 1. The summed E-state index contributed by atoms with van der Waals surface area (Å²) in [7, 11) is 5.66. The van der Waals surface area contributed by atoms with Gasteiger partial charge in [0.25, 0.3) is 0 Å². The van der Waals surface area contributed by atoms with Gasteiger partial charge in [0.05, 0.1) is 0 Å². The van der Waals surface area contributed by atoms with Crippen molar-refractivity contribution in [3.05, 3.63) is 42.9 Å². The van der Waals surface area contributed by atoms with Gasteiger partial charge in [-0.05, 0) is 31.5 Å². The third kappa shape index (κ3) is 3.56. The first kappa shape index (κ1) is 12.1. The lowest BCUT2D eigenvalue weighted by Crippen LogP contribution is -2.38. The van der Waals surface area contributed by atoms with Gasteiger partial charge >= 0.3 is 0 Å². The molecule has 0 bridgehead atoms. The summed E-state index contributed by atoms with van der Waals surface area (Å²) < 4.78 is 0. The van der Waals surface area contributed by atoms with Gasteiger partial charge in [-0.25, -0.2) is 0 Å². The molecule has 3 heteroatoms. The minimum Gasteiger partial charge on any atom is -0.352 e. The molecule has 0 aliphatic carbocycles. The molecule has 2 rings (SSSR count). The Morgan fingerprint density at radius 3 is 2.59 bits per heavy atom. The molecule has 0 atom stereocenters. The highest BCUT2D eigenvalue weighted by Crippen LogP contribution is 2.16. The largest absolute Gasteiger partial charge is 0.352 e. The maximum Gasteiger partial charge on any atom is 0.223 e. The molecule has 1 amide bonds. The molecule has 0 aromatic heterocycles. The van der Waals surface area contributed by atoms with E-state index in [-0.39, 0.29) is 11.8 Å². The van der Waals surface area contributed by atoms with Crippen LogP contribution in [0, 0.1) is 13.0 Å². The summed E-state index contributed by atoms with van der Waals surface area (Å²) in [5, 5.41) is 2.99. The second kappa shape index (κ2) is 5.82. The molecule has 1 aliphatic heterocycles. The third-order valence-electron chi connectivity index (χ3n) is 3.21. The fourth-order valence-corrected chi connectivity index (χ4v) is 2.09. The SMILES string of the molecule is [CH]N1CCC(C(=O)NCc2ccccc2)CC1. The molecule has 1 N–H and O–H groups in total. The summed E-state index contributed by atoms with van der Waals surface area (Å²) in [5.41, 5.74) is 1.14. The van der Waals surface area contributed by atoms with Crippen LogP contribution in [0.15, 0.2) is 30.3 Å². The van der Waals surface area contributed by atoms with E-state index in [1.807, 2.05) is 30.3 Å². The van der Waals surface area contributed by atoms with Crippen LogP contribution in [0.3, 0.4) is 0 Å². The zero-order chi connectivity index (χ0) is 12.1. The molecule has 1 saturated heterocycles. The van der Waals surface area contributed by atoms with Crippen molar-refractivity contribution in [1.29, 1.82) is 0 Å². The Balaban J connectivity index is 1.78. The van der Waals surface area contributed by atoms with E-state index in [9.17, 15) is 4.79 Å². The first-order valence-electron chi connectivity index (χ1n) is 6.07. The van der Waals surface area contributed by atoms with Crippen LogP contribution < -0.4 is 5.32 Å². The second-order valence-electron chi connectivity index (χ2n) is 4.51. The van der Waals surface area contributed by atoms with Crippen molar-refractivity contribution in [2.24, 2.45) is 5.92 Å². The van der Waals surface area contributed by atoms with E-state index in [0.717, 1.165) is 31.5 Å². The average molecular weight is 230 g/mol. The number of carbonyl (C=O) groups excluding carboxylic acids is 1. The first-order chi connectivity index (χ1) is 8.25. The maximum atomic E-state index is 11.9. The number of nitrogens with zero attached hydrogens (tertiary/aromatic N) is 1. The molecule has 1 aliphatic rings. The zero-order valence-corrected chi connectivity index (χ0v) is 9.93. The summed E-state index contributed by atoms with van der Waals surface area (Å²) in [6.07, 6.45) is 1.72. The first-order valence-corrected chi connectivity index (χ1v) is 6.07. The van der Waals surface area contributed by atoms with Crippen LogP contribution in [-0.4, -0.2) is 23.9 Å². The Morgan fingerprint density at radius 2 is 1.94 bits per heavy atom. The number of hydrogen-bond donors (Lipinski definition) is 1. The quantitative estimate of drug-likeness (QED) is 0.857. The highest BCUT2D eigenvalue weighted by atomic mass is 16.1. The molecule has 1 fully saturated rings. The van der Waals surface area contributed by atoms with Crippen molar-refractivity contribution in [1.82, 2.24) is 10.2 Å². The van der Waals surface area contributed by atoms with Gasteiger partial charge < -0.3 is 5.32 Å². The topological polar surface area (TPSA) is 32.3 Å². The molecule has 2 radical (unpaired) electrons. The Bertz CT molecular complexity index is 356. The van der Waals surface area contributed by atoms with Gasteiger partial charge in [-0.1, -0.05) is 30.3 Å². The lowest BCUT2D eigenvalue weighted by molar-refractivity contribution is -0.126. The average Bonchev–Trinajstić information content (AvgIpc) is 2.38. The molecule has 3 nitrogen and oxygen atoms in total. The summed E-state index contributed by atoms with van der Waals surface area (Å²) in [4.78, 5) is 13.7. The molecule has 0 saturated carbocycles. The molecule has 1 aromatic rings. The third-order valence-corrected chi connectivity index (χ3v) is 3.21. The standard InChI is InChI=1S/C14H18N2O/c1-16-9-7-13(8-10-16)14(17)15-11-12-5-3-2-4-6-12/h1-6,13H,7-11H2,(H,15,17). The predicted octanol–water partition coefficient (Wildman–Crippen LogP) is 1.68. The Hall–Kier alpha value is -1.35. The molecule has 1 aromatic carbocycles. The van der Waals surface area contributed by atoms with Crippen molar-refractivity contribution in [2.45, 2.75) is 19.4 Å². The second-order valence-corrected chi connectivity index (χ2v) is 4.51. The smallest absolute Gasteiger partial charge is 0.223 e. The number of nitrogens with one attached hydrogen (secondary N) is 1. The number of hydrogen-bond acceptors (Lipinski definition) is 2. The predicted molar refractivity (Wildman–Crippen MR) is 66.9 cm³/mol. The highest BCUT2D eigenvalue weighted by molar-refractivity contribution is 5.78. The number of rotatable bonds is 3. The fraction of sp³-hybridized carbons (Fsp3) is 0.429. The van der Waals surface area contributed by atoms with Gasteiger partial charge in [0, 0.05) is 19.5 Å². The van der Waals surface area contributed by atoms with E-state index in [4.69, 9.17) is 7.05 Å². The van der Waals surface area contributed by atoms with Gasteiger partial charge in [-0.2, -0.15) is 0 Å². The number of benzene rings is 1. The Labute approximate surface area is 103 Å². The van der Waals surface area contributed by atoms with Crippen LogP contribution >= 0.6 is 0 Å². The van der Waals surface area contributed by atoms with Crippen LogP contribution in [0.25, 0.3) is 0 Å². The van der Waals surface area contributed by atoms with E-state index in [2.05, 4.69) is 5.32 Å². The van der Waals surface area contributed by atoms with E-state index in [0.29, 0.717) is 6.54 Å². The summed E-state index contributed by atoms with van der Waals surface area (Å²) in [6.45, 7) is 2.23. The van der Waals surface area contributed by atoms with Gasteiger partial charge in [0.2, 0.25) is 5.91 Å². The summed E-state index contributed by atoms with van der Waals surface area (Å²) >= 11 is 0. The minimum absolute atomic E-state index is 0.124. The number of likely N-dealkylation sites (tertiary alicyclic amines) is 1. The van der Waals surface area contributed by atoms with E-state index < -0.39 is 0 Å². The molecule has 90 valence electrons. The van der Waals surface area contributed by atoms with Crippen LogP contribution in [-0.2, 0) is 11.3 Å². The molecule has 0 spiro atoms. The summed E-state index contributed by atoms with van der Waals surface area (Å²) in [5.74, 6) is 0.278. The molecule has 17 heavy (non-hydrogen) atoms. The fourth-order valence-electron chi connectivity index (χ4n) is 2.09. The van der Waals surface area contributed by atoms with Crippen LogP contribution in [0.2, 0.25) is 0 Å². The highest BCUT2D eigenvalue weighted by Gasteiger charge is 2.22. The lowest BCUT2D eigenvalue weighted by atomic mass is 9.96. The van der Waals surface area contributed by atoms with Crippen LogP contribution in [0.5, 0.6) is 0 Å². The van der Waals surface area contributed by atoms with Crippen molar-refractivity contribution in [3.63, 3.8) is 0 Å². The molecule has 1 heterocycles. The van der Waals surface area contributed by atoms with Crippen molar-refractivity contribution in [3.8, 4) is 0 Å². The van der Waals surface area contributed by atoms with Gasteiger partial charge in [0.1, 0.15) is 0 Å². The van der Waals surface area contributed by atoms with Gasteiger partial charge in [0.15, 0.2) is 0 Å². The molecular formula is C14H18N2O. The minimum atomic E-state index is 0.124. The Kier molecular flexibility index (Phi) is 4.15.